The minimum atomic E-state index is -0.0890. The Balaban J connectivity index is 1.19. The Labute approximate surface area is 224 Å². The third kappa shape index (κ3) is 5.60. The number of piperidine rings is 1. The van der Waals surface area contributed by atoms with E-state index in [0.29, 0.717) is 25.2 Å². The minimum Gasteiger partial charge on any atom is -0.468 e. The van der Waals surface area contributed by atoms with Crippen LogP contribution in [0.4, 0.5) is 0 Å². The van der Waals surface area contributed by atoms with Gasteiger partial charge in [0.15, 0.2) is 0 Å². The molecule has 1 saturated heterocycles. The average Bonchev–Trinajstić information content (AvgIpc) is 3.63. The highest BCUT2D eigenvalue weighted by Gasteiger charge is 2.29. The topological polar surface area (TPSA) is 93.3 Å². The number of furan rings is 1. The Kier molecular flexibility index (Phi) is 7.66. The van der Waals surface area contributed by atoms with Crippen LogP contribution in [-0.4, -0.2) is 56.9 Å². The smallest absolute Gasteiger partial charge is 0.264 e. The lowest BCUT2D eigenvalue weighted by Crippen LogP contribution is -2.38. The van der Waals surface area contributed by atoms with Crippen LogP contribution in [0.15, 0.2) is 41.0 Å². The number of hydrogen-bond donors (Lipinski definition) is 1. The number of likely N-dealkylation sites (tertiary alicyclic amines) is 1. The monoisotopic (exact) mass is 537 g/mol. The van der Waals surface area contributed by atoms with Crippen molar-refractivity contribution in [3.63, 3.8) is 0 Å². The van der Waals surface area contributed by atoms with Gasteiger partial charge in [-0.2, -0.15) is 16.9 Å². The minimum absolute atomic E-state index is 0.0706. The van der Waals surface area contributed by atoms with Crippen molar-refractivity contribution >= 4 is 45.1 Å². The number of pyridine rings is 1. The van der Waals surface area contributed by atoms with Crippen LogP contribution < -0.4 is 5.32 Å². The summed E-state index contributed by atoms with van der Waals surface area (Å²) in [6, 6.07) is 9.57. The van der Waals surface area contributed by atoms with Gasteiger partial charge in [0.2, 0.25) is 0 Å². The van der Waals surface area contributed by atoms with Crippen LogP contribution in [0.5, 0.6) is 0 Å². The molecule has 1 N–H and O–H groups in total. The molecule has 8 nitrogen and oxygen atoms in total. The zero-order valence-corrected chi connectivity index (χ0v) is 23.0. The van der Waals surface area contributed by atoms with E-state index < -0.39 is 0 Å². The molecule has 0 bridgehead atoms. The Morgan fingerprint density at radius 2 is 2.03 bits per heavy atom. The molecule has 0 aromatic carbocycles. The van der Waals surface area contributed by atoms with Crippen molar-refractivity contribution in [2.24, 2.45) is 7.05 Å². The van der Waals surface area contributed by atoms with Gasteiger partial charge in [0.25, 0.3) is 11.8 Å². The van der Waals surface area contributed by atoms with E-state index in [1.807, 2.05) is 60.8 Å². The summed E-state index contributed by atoms with van der Waals surface area (Å²) >= 11 is 3.22. The molecule has 4 aromatic rings. The normalized spacial score (nSPS) is 14.4. The first kappa shape index (κ1) is 25.5. The number of thioether (sulfide) groups is 1. The number of aryl methyl sites for hydroxylation is 3. The van der Waals surface area contributed by atoms with Crippen LogP contribution >= 0.6 is 23.1 Å². The van der Waals surface area contributed by atoms with Crippen molar-refractivity contribution in [2.75, 3.05) is 25.4 Å². The summed E-state index contributed by atoms with van der Waals surface area (Å²) in [5, 5.41) is 8.52. The molecule has 0 aliphatic carbocycles. The highest BCUT2D eigenvalue weighted by atomic mass is 32.2. The van der Waals surface area contributed by atoms with Crippen LogP contribution in [0, 0.1) is 13.8 Å². The third-order valence-electron chi connectivity index (χ3n) is 6.74. The summed E-state index contributed by atoms with van der Waals surface area (Å²) < 4.78 is 7.19. The second-order valence-electron chi connectivity index (χ2n) is 9.38. The van der Waals surface area contributed by atoms with Crippen LogP contribution in [-0.2, 0) is 12.8 Å². The number of fused-ring (bicyclic) bond motifs is 1. The van der Waals surface area contributed by atoms with Crippen LogP contribution in [0.2, 0.25) is 0 Å². The molecule has 1 fully saturated rings. The van der Waals surface area contributed by atoms with Gasteiger partial charge in [-0.25, -0.2) is 0 Å². The molecule has 0 atom stereocenters. The lowest BCUT2D eigenvalue weighted by Gasteiger charge is -2.32. The van der Waals surface area contributed by atoms with Crippen LogP contribution in [0.3, 0.4) is 0 Å². The number of thiophene rings is 1. The van der Waals surface area contributed by atoms with Gasteiger partial charge in [0, 0.05) is 49.4 Å². The molecular formula is C27H31N5O3S2. The van der Waals surface area contributed by atoms with Gasteiger partial charge < -0.3 is 14.6 Å². The zero-order chi connectivity index (χ0) is 25.9. The van der Waals surface area contributed by atoms with Crippen LogP contribution in [0.1, 0.15) is 61.6 Å². The van der Waals surface area contributed by atoms with E-state index in [1.54, 1.807) is 18.0 Å². The fourth-order valence-corrected chi connectivity index (χ4v) is 6.65. The van der Waals surface area contributed by atoms with Gasteiger partial charge in [0.05, 0.1) is 33.8 Å². The van der Waals surface area contributed by atoms with Gasteiger partial charge in [-0.3, -0.25) is 19.3 Å². The molecule has 194 valence electrons. The lowest BCUT2D eigenvalue weighted by molar-refractivity contribution is 0.0715. The summed E-state index contributed by atoms with van der Waals surface area (Å²) in [4.78, 5) is 34.7. The van der Waals surface area contributed by atoms with Crippen molar-refractivity contribution < 1.29 is 14.0 Å². The first-order valence-electron chi connectivity index (χ1n) is 12.5. The number of nitrogens with one attached hydrogen (secondary N) is 1. The van der Waals surface area contributed by atoms with E-state index in [2.05, 4.69) is 10.4 Å². The van der Waals surface area contributed by atoms with E-state index in [-0.39, 0.29) is 17.7 Å². The highest BCUT2D eigenvalue weighted by Crippen LogP contribution is 2.32. The second-order valence-corrected chi connectivity index (χ2v) is 11.5. The van der Waals surface area contributed by atoms with Gasteiger partial charge in [-0.1, -0.05) is 0 Å². The molecule has 1 aliphatic heterocycles. The quantitative estimate of drug-likeness (QED) is 0.321. The number of amides is 2. The molecule has 37 heavy (non-hydrogen) atoms. The lowest BCUT2D eigenvalue weighted by atomic mass is 9.89. The number of hydrogen-bond acceptors (Lipinski definition) is 7. The first-order chi connectivity index (χ1) is 17.9. The van der Waals surface area contributed by atoms with E-state index in [9.17, 15) is 9.59 Å². The number of carbonyl (C=O) groups excluding carboxylic acids is 2. The first-order valence-corrected chi connectivity index (χ1v) is 14.5. The Bertz CT molecular complexity index is 1370. The Morgan fingerprint density at radius 3 is 2.76 bits per heavy atom. The molecule has 10 heteroatoms. The molecular weight excluding hydrogens is 506 g/mol. The standard InChI is InChI=1S/C27H31N5O3S2/c1-17-6-7-21(25(33)28-10-14-36-16-20-5-4-13-35-20)24(29-17)19-8-11-32(12-9-19)26(34)23-15-22-18(2)30-31(3)27(22)37-23/h4-7,13,15,19H,8-12,14,16H2,1-3H3,(H,28,33). The number of aromatic nitrogens is 3. The van der Waals surface area contributed by atoms with Gasteiger partial charge in [0.1, 0.15) is 10.6 Å². The molecule has 5 heterocycles. The molecule has 4 aromatic heterocycles. The summed E-state index contributed by atoms with van der Waals surface area (Å²) in [6.07, 6.45) is 3.24. The van der Waals surface area contributed by atoms with Crippen molar-refractivity contribution in [3.8, 4) is 0 Å². The fourth-order valence-electron chi connectivity index (χ4n) is 4.80. The maximum atomic E-state index is 13.2. The van der Waals surface area contributed by atoms with Crippen molar-refractivity contribution in [2.45, 2.75) is 38.4 Å². The molecule has 1 aliphatic rings. The van der Waals surface area contributed by atoms with Crippen molar-refractivity contribution in [3.05, 3.63) is 69.9 Å². The predicted molar refractivity (Wildman–Crippen MR) is 147 cm³/mol. The molecule has 0 saturated carbocycles. The maximum Gasteiger partial charge on any atom is 0.264 e. The van der Waals surface area contributed by atoms with Crippen molar-refractivity contribution in [1.82, 2.24) is 25.0 Å². The Hall–Kier alpha value is -3.11. The van der Waals surface area contributed by atoms with E-state index in [0.717, 1.165) is 62.3 Å². The fraction of sp³-hybridized carbons (Fsp3) is 0.407. The summed E-state index contributed by atoms with van der Waals surface area (Å²) in [7, 11) is 1.91. The second kappa shape index (κ2) is 11.1. The number of nitrogens with zero attached hydrogens (tertiary/aromatic N) is 4. The molecule has 0 radical (unpaired) electrons. The molecule has 2 amide bonds. The highest BCUT2D eigenvalue weighted by molar-refractivity contribution is 7.98. The molecule has 0 spiro atoms. The predicted octanol–water partition coefficient (Wildman–Crippen LogP) is 4.92. The summed E-state index contributed by atoms with van der Waals surface area (Å²) in [5.41, 5.74) is 3.32. The van der Waals surface area contributed by atoms with Gasteiger partial charge in [-0.15, -0.1) is 11.3 Å². The van der Waals surface area contributed by atoms with Gasteiger partial charge >= 0.3 is 0 Å². The Morgan fingerprint density at radius 1 is 1.22 bits per heavy atom. The maximum absolute atomic E-state index is 13.2. The third-order valence-corrected chi connectivity index (χ3v) is 8.91. The SMILES string of the molecule is Cc1ccc(C(=O)NCCSCc2ccco2)c(C2CCN(C(=O)c3cc4c(C)nn(C)c4s3)CC2)n1. The van der Waals surface area contributed by atoms with E-state index in [4.69, 9.17) is 9.40 Å². The zero-order valence-electron chi connectivity index (χ0n) is 21.3. The van der Waals surface area contributed by atoms with E-state index >= 15 is 0 Å². The molecule has 0 unspecified atom stereocenters. The van der Waals surface area contributed by atoms with E-state index in [1.165, 1.54) is 11.3 Å². The average molecular weight is 538 g/mol. The van der Waals surface area contributed by atoms with Crippen molar-refractivity contribution in [1.29, 1.82) is 0 Å². The summed E-state index contributed by atoms with van der Waals surface area (Å²) in [6.45, 7) is 5.80. The van der Waals surface area contributed by atoms with Crippen LogP contribution in [0.25, 0.3) is 10.2 Å². The number of carbonyl (C=O) groups is 2. The number of rotatable bonds is 8. The van der Waals surface area contributed by atoms with Gasteiger partial charge in [-0.05, 0) is 57.0 Å². The molecule has 5 rings (SSSR count). The largest absolute Gasteiger partial charge is 0.468 e. The summed E-state index contributed by atoms with van der Waals surface area (Å²) in [5.74, 6) is 2.65.